The molecule has 2 aromatic carbocycles. The van der Waals surface area contributed by atoms with Crippen LogP contribution in [0.5, 0.6) is 11.5 Å². The molecule has 3 N–H and O–H groups in total. The predicted octanol–water partition coefficient (Wildman–Crippen LogP) is 1.79. The first kappa shape index (κ1) is 12.9. The molecule has 0 unspecified atom stereocenters. The Morgan fingerprint density at radius 1 is 0.944 bits per heavy atom. The summed E-state index contributed by atoms with van der Waals surface area (Å²) in [6.45, 7) is 5.94. The van der Waals surface area contributed by atoms with Crippen molar-refractivity contribution in [3.05, 3.63) is 29.8 Å². The van der Waals surface area contributed by atoms with Crippen molar-refractivity contribution in [2.45, 2.75) is 26.2 Å². The third-order valence-corrected chi connectivity index (χ3v) is 3.76. The molecule has 0 heterocycles. The second-order valence-corrected chi connectivity index (χ2v) is 6.08. The highest BCUT2D eigenvalue weighted by atomic mass is 28.2. The molecule has 18 heavy (non-hydrogen) atoms. The second-order valence-electron chi connectivity index (χ2n) is 5.35. The van der Waals surface area contributed by atoms with E-state index in [1.807, 2.05) is 45.0 Å². The lowest BCUT2D eigenvalue weighted by Gasteiger charge is -2.24. The predicted molar refractivity (Wildman–Crippen MR) is 73.6 cm³/mol. The Hall–Kier alpha value is -1.52. The number of hydrogen-bond acceptors (Lipinski definition) is 3. The van der Waals surface area contributed by atoms with Crippen LogP contribution >= 0.6 is 0 Å². The summed E-state index contributed by atoms with van der Waals surface area (Å²) in [7, 11) is -0.551. The van der Waals surface area contributed by atoms with E-state index in [0.29, 0.717) is 10.8 Å². The van der Waals surface area contributed by atoms with Crippen molar-refractivity contribution >= 4 is 25.7 Å². The van der Waals surface area contributed by atoms with Gasteiger partial charge < -0.3 is 15.0 Å². The topological polar surface area (TPSA) is 60.7 Å². The van der Waals surface area contributed by atoms with Gasteiger partial charge in [0.1, 0.15) is 0 Å². The number of phenols is 2. The molecule has 2 radical (unpaired) electrons. The molecule has 0 aromatic heterocycles. The zero-order valence-electron chi connectivity index (χ0n) is 10.7. The zero-order valence-corrected chi connectivity index (χ0v) is 11.7. The van der Waals surface area contributed by atoms with Gasteiger partial charge in [0, 0.05) is 10.8 Å². The fourth-order valence-corrected chi connectivity index (χ4v) is 2.85. The highest BCUT2D eigenvalue weighted by Gasteiger charge is 2.26. The largest absolute Gasteiger partial charge is 0.504 e. The smallest absolute Gasteiger partial charge is 0.270 e. The SMILES string of the molecule is CC(C)(C)c1c(O)c(O)c([Si]O)c2ccccc12. The first-order valence-corrected chi connectivity index (χ1v) is 6.70. The molecule has 0 fully saturated rings. The van der Waals surface area contributed by atoms with Gasteiger partial charge in [0.05, 0.1) is 0 Å². The Labute approximate surface area is 109 Å². The van der Waals surface area contributed by atoms with Gasteiger partial charge in [-0.1, -0.05) is 45.0 Å². The Kier molecular flexibility index (Phi) is 3.08. The molecule has 0 aliphatic rings. The molecule has 94 valence electrons. The van der Waals surface area contributed by atoms with E-state index in [-0.39, 0.29) is 16.9 Å². The fraction of sp³-hybridized carbons (Fsp3) is 0.286. The van der Waals surface area contributed by atoms with Crippen molar-refractivity contribution in [2.24, 2.45) is 0 Å². The van der Waals surface area contributed by atoms with E-state index in [1.54, 1.807) is 0 Å². The number of fused-ring (bicyclic) bond motifs is 1. The standard InChI is InChI=1S/C14H16O3Si/c1-14(2,3)10-8-6-4-5-7-9(8)13(18-17)12(16)11(10)15/h4-7,15-17H,1-3H3. The van der Waals surface area contributed by atoms with E-state index in [9.17, 15) is 15.0 Å². The van der Waals surface area contributed by atoms with Crippen molar-refractivity contribution in [3.8, 4) is 11.5 Å². The van der Waals surface area contributed by atoms with Crippen LogP contribution in [0.25, 0.3) is 10.8 Å². The summed E-state index contributed by atoms with van der Waals surface area (Å²) < 4.78 is 0. The third kappa shape index (κ3) is 1.87. The highest BCUT2D eigenvalue weighted by Crippen LogP contribution is 2.41. The molecule has 0 aliphatic heterocycles. The maximum absolute atomic E-state index is 10.2. The molecule has 0 saturated carbocycles. The van der Waals surface area contributed by atoms with Crippen LogP contribution in [-0.2, 0) is 5.41 Å². The minimum Gasteiger partial charge on any atom is -0.504 e. The summed E-state index contributed by atoms with van der Waals surface area (Å²) in [6, 6.07) is 7.49. The lowest BCUT2D eigenvalue weighted by Crippen LogP contribution is -2.20. The number of hydrogen-bond donors (Lipinski definition) is 3. The van der Waals surface area contributed by atoms with Gasteiger partial charge in [0.15, 0.2) is 11.5 Å². The quantitative estimate of drug-likeness (QED) is 0.541. The van der Waals surface area contributed by atoms with Crippen LogP contribution in [0.15, 0.2) is 24.3 Å². The number of rotatable bonds is 1. The van der Waals surface area contributed by atoms with Gasteiger partial charge in [-0.05, 0) is 16.2 Å². The summed E-state index contributed by atoms with van der Waals surface area (Å²) in [5.41, 5.74) is 0.413. The van der Waals surface area contributed by atoms with Crippen molar-refractivity contribution in [1.82, 2.24) is 0 Å². The molecule has 2 aromatic rings. The molecule has 3 nitrogen and oxygen atoms in total. The van der Waals surface area contributed by atoms with E-state index in [4.69, 9.17) is 0 Å². The molecule has 0 bridgehead atoms. The summed E-state index contributed by atoms with van der Waals surface area (Å²) >= 11 is 0. The van der Waals surface area contributed by atoms with Crippen LogP contribution in [0.3, 0.4) is 0 Å². The first-order valence-electron chi connectivity index (χ1n) is 5.75. The lowest BCUT2D eigenvalue weighted by atomic mass is 9.82. The average Bonchev–Trinajstić information content (AvgIpc) is 2.29. The van der Waals surface area contributed by atoms with Gasteiger partial charge >= 0.3 is 0 Å². The molecule has 0 atom stereocenters. The number of aromatic hydroxyl groups is 2. The second kappa shape index (κ2) is 4.30. The maximum Gasteiger partial charge on any atom is 0.270 e. The van der Waals surface area contributed by atoms with Gasteiger partial charge in [-0.15, -0.1) is 0 Å². The van der Waals surface area contributed by atoms with Crippen molar-refractivity contribution in [1.29, 1.82) is 0 Å². The molecular formula is C14H16O3Si. The molecule has 0 aliphatic carbocycles. The fourth-order valence-electron chi connectivity index (χ4n) is 2.28. The van der Waals surface area contributed by atoms with E-state index in [2.05, 4.69) is 0 Å². The van der Waals surface area contributed by atoms with E-state index >= 15 is 0 Å². The van der Waals surface area contributed by atoms with Crippen LogP contribution in [0.2, 0.25) is 0 Å². The monoisotopic (exact) mass is 260 g/mol. The Morgan fingerprint density at radius 2 is 1.50 bits per heavy atom. The average molecular weight is 260 g/mol. The summed E-state index contributed by atoms with van der Waals surface area (Å²) in [5, 5.41) is 22.3. The van der Waals surface area contributed by atoms with Gasteiger partial charge in [-0.3, -0.25) is 0 Å². The zero-order chi connectivity index (χ0) is 13.5. The van der Waals surface area contributed by atoms with E-state index in [0.717, 1.165) is 10.8 Å². The molecular weight excluding hydrogens is 244 g/mol. The molecule has 0 saturated heterocycles. The van der Waals surface area contributed by atoms with Gasteiger partial charge in [-0.2, -0.15) is 0 Å². The molecule has 2 rings (SSSR count). The lowest BCUT2D eigenvalue weighted by molar-refractivity contribution is 0.393. The maximum atomic E-state index is 10.2. The molecule has 4 heteroatoms. The normalized spacial score (nSPS) is 12.0. The summed E-state index contributed by atoms with van der Waals surface area (Å²) in [4.78, 5) is 9.39. The summed E-state index contributed by atoms with van der Waals surface area (Å²) in [5.74, 6) is -0.336. The third-order valence-electron chi connectivity index (χ3n) is 3.03. The van der Waals surface area contributed by atoms with Crippen molar-refractivity contribution < 1.29 is 15.0 Å². The van der Waals surface area contributed by atoms with Crippen LogP contribution < -0.4 is 5.19 Å². The van der Waals surface area contributed by atoms with Gasteiger partial charge in [-0.25, -0.2) is 0 Å². The van der Waals surface area contributed by atoms with Crippen LogP contribution in [0, 0.1) is 0 Å². The first-order chi connectivity index (χ1) is 8.38. The Balaban J connectivity index is 3.00. The van der Waals surface area contributed by atoms with Gasteiger partial charge in [0.25, 0.3) is 9.76 Å². The van der Waals surface area contributed by atoms with Crippen LogP contribution in [-0.4, -0.2) is 24.8 Å². The molecule has 0 spiro atoms. The van der Waals surface area contributed by atoms with E-state index < -0.39 is 9.76 Å². The summed E-state index contributed by atoms with van der Waals surface area (Å²) in [6.07, 6.45) is 0. The highest BCUT2D eigenvalue weighted by molar-refractivity contribution is 6.52. The number of benzene rings is 2. The van der Waals surface area contributed by atoms with E-state index in [1.165, 1.54) is 0 Å². The molecule has 0 amide bonds. The number of phenolic OH excluding ortho intramolecular Hbond substituents is 2. The van der Waals surface area contributed by atoms with Gasteiger partial charge in [0.2, 0.25) is 0 Å². The minimum absolute atomic E-state index is 0.127. The van der Waals surface area contributed by atoms with Crippen LogP contribution in [0.1, 0.15) is 26.3 Å². The van der Waals surface area contributed by atoms with Crippen molar-refractivity contribution in [3.63, 3.8) is 0 Å². The minimum atomic E-state index is -0.551. The Bertz CT molecular complexity index is 600. The Morgan fingerprint density at radius 3 is 2.00 bits per heavy atom. The van der Waals surface area contributed by atoms with Crippen LogP contribution in [0.4, 0.5) is 0 Å². The van der Waals surface area contributed by atoms with Crippen molar-refractivity contribution in [2.75, 3.05) is 0 Å².